The van der Waals surface area contributed by atoms with Crippen LogP contribution in [-0.2, 0) is 6.54 Å². The third kappa shape index (κ3) is 4.39. The predicted molar refractivity (Wildman–Crippen MR) is 132 cm³/mol. The largest absolute Gasteiger partial charge is 0.508 e. The summed E-state index contributed by atoms with van der Waals surface area (Å²) >= 11 is 6.58. The van der Waals surface area contributed by atoms with Crippen molar-refractivity contribution in [2.24, 2.45) is 0 Å². The Labute approximate surface area is 196 Å². The molecular formula is C26H26ClN3O3. The molecule has 1 amide bonds. The maximum absolute atomic E-state index is 13.4. The molecule has 4 rings (SSSR count). The Bertz CT molecular complexity index is 1430. The van der Waals surface area contributed by atoms with Gasteiger partial charge in [0, 0.05) is 35.4 Å². The molecule has 0 spiro atoms. The lowest BCUT2D eigenvalue weighted by molar-refractivity contribution is 0.0952. The highest BCUT2D eigenvalue weighted by molar-refractivity contribution is 6.37. The van der Waals surface area contributed by atoms with E-state index in [4.69, 9.17) is 11.6 Å². The van der Waals surface area contributed by atoms with Crippen molar-refractivity contribution in [2.45, 2.75) is 40.3 Å². The number of fused-ring (bicyclic) bond motifs is 1. The number of nitrogens with one attached hydrogen (secondary N) is 2. The topological polar surface area (TPSA) is 87.1 Å². The molecule has 2 heterocycles. The number of phenols is 1. The number of rotatable bonds is 5. The molecule has 2 aromatic heterocycles. The summed E-state index contributed by atoms with van der Waals surface area (Å²) in [7, 11) is 0. The van der Waals surface area contributed by atoms with E-state index < -0.39 is 0 Å². The van der Waals surface area contributed by atoms with E-state index in [1.165, 1.54) is 0 Å². The zero-order chi connectivity index (χ0) is 23.9. The van der Waals surface area contributed by atoms with Crippen molar-refractivity contribution in [3.05, 3.63) is 86.4 Å². The third-order valence-electron chi connectivity index (χ3n) is 5.79. The number of pyridine rings is 1. The molecule has 0 aliphatic heterocycles. The van der Waals surface area contributed by atoms with Crippen molar-refractivity contribution in [3.63, 3.8) is 0 Å². The maximum Gasteiger partial charge on any atom is 0.253 e. The van der Waals surface area contributed by atoms with Gasteiger partial charge in [-0.2, -0.15) is 0 Å². The number of H-pyrrole nitrogens is 1. The number of halogens is 1. The Balaban J connectivity index is 1.82. The van der Waals surface area contributed by atoms with Crippen LogP contribution in [0.4, 0.5) is 0 Å². The average molecular weight is 464 g/mol. The standard InChI is InChI=1S/C26H26ClN3O3/c1-14(2)30-13-22(27)24-20(10-18(11-23(24)30)17-6-5-7-19(31)9-17)25(32)28-12-21-15(3)8-16(4)29-26(21)33/h5-11,13-14,31H,12H2,1-4H3,(H,28,32)(H,29,33). The minimum absolute atomic E-state index is 0.0979. The number of aryl methyl sites for hydroxylation is 2. The number of nitrogens with zero attached hydrogens (tertiary/aromatic N) is 1. The molecule has 0 bridgehead atoms. The summed E-state index contributed by atoms with van der Waals surface area (Å²) in [6.07, 6.45) is 1.83. The number of amides is 1. The van der Waals surface area contributed by atoms with Gasteiger partial charge in [0.15, 0.2) is 0 Å². The van der Waals surface area contributed by atoms with Crippen molar-refractivity contribution >= 4 is 28.4 Å². The molecule has 4 aromatic rings. The summed E-state index contributed by atoms with van der Waals surface area (Å²) in [5.74, 6) is -0.185. The Morgan fingerprint density at radius 1 is 1.15 bits per heavy atom. The first-order valence-corrected chi connectivity index (χ1v) is 11.1. The van der Waals surface area contributed by atoms with E-state index >= 15 is 0 Å². The van der Waals surface area contributed by atoms with Crippen LogP contribution in [0.2, 0.25) is 5.02 Å². The van der Waals surface area contributed by atoms with Gasteiger partial charge in [0.25, 0.3) is 11.5 Å². The first-order valence-electron chi connectivity index (χ1n) is 10.8. The molecule has 170 valence electrons. The zero-order valence-corrected chi connectivity index (χ0v) is 19.7. The second kappa shape index (κ2) is 8.79. The number of hydrogen-bond donors (Lipinski definition) is 3. The Morgan fingerprint density at radius 3 is 2.58 bits per heavy atom. The van der Waals surface area contributed by atoms with Gasteiger partial charge in [-0.1, -0.05) is 23.7 Å². The highest BCUT2D eigenvalue weighted by atomic mass is 35.5. The monoisotopic (exact) mass is 463 g/mol. The molecule has 0 fully saturated rings. The number of aromatic amines is 1. The van der Waals surface area contributed by atoms with Gasteiger partial charge in [-0.15, -0.1) is 0 Å². The number of aromatic nitrogens is 2. The first-order chi connectivity index (χ1) is 15.7. The number of carbonyl (C=O) groups excluding carboxylic acids is 1. The fourth-order valence-corrected chi connectivity index (χ4v) is 4.46. The molecule has 7 heteroatoms. The highest BCUT2D eigenvalue weighted by Crippen LogP contribution is 2.36. The summed E-state index contributed by atoms with van der Waals surface area (Å²) in [5.41, 5.74) is 4.69. The lowest BCUT2D eigenvalue weighted by atomic mass is 9.99. The molecular weight excluding hydrogens is 438 g/mol. The molecule has 0 aliphatic carbocycles. The maximum atomic E-state index is 13.4. The molecule has 33 heavy (non-hydrogen) atoms. The van der Waals surface area contributed by atoms with Crippen molar-refractivity contribution < 1.29 is 9.90 Å². The third-order valence-corrected chi connectivity index (χ3v) is 6.07. The highest BCUT2D eigenvalue weighted by Gasteiger charge is 2.20. The molecule has 0 atom stereocenters. The van der Waals surface area contributed by atoms with Gasteiger partial charge in [0.2, 0.25) is 0 Å². The SMILES string of the molecule is Cc1cc(C)c(CNC(=O)c2cc(-c3cccc(O)c3)cc3c2c(Cl)cn3C(C)C)c(=O)[nH]1. The second-order valence-corrected chi connectivity index (χ2v) is 8.98. The van der Waals surface area contributed by atoms with Gasteiger partial charge in [0.1, 0.15) is 5.75 Å². The van der Waals surface area contributed by atoms with E-state index in [-0.39, 0.29) is 29.8 Å². The zero-order valence-electron chi connectivity index (χ0n) is 19.0. The Morgan fingerprint density at radius 2 is 1.91 bits per heavy atom. The summed E-state index contributed by atoms with van der Waals surface area (Å²) in [5, 5.41) is 14.0. The van der Waals surface area contributed by atoms with Crippen LogP contribution in [-0.4, -0.2) is 20.6 Å². The number of aromatic hydroxyl groups is 1. The second-order valence-electron chi connectivity index (χ2n) is 8.57. The van der Waals surface area contributed by atoms with Crippen LogP contribution in [0.15, 0.2) is 53.5 Å². The van der Waals surface area contributed by atoms with E-state index in [2.05, 4.69) is 10.3 Å². The lowest BCUT2D eigenvalue weighted by Crippen LogP contribution is -2.28. The fraction of sp³-hybridized carbons (Fsp3) is 0.231. The van der Waals surface area contributed by atoms with E-state index in [0.29, 0.717) is 21.5 Å². The molecule has 0 aliphatic rings. The molecule has 2 aromatic carbocycles. The number of carbonyl (C=O) groups is 1. The predicted octanol–water partition coefficient (Wildman–Crippen LogP) is 5.48. The van der Waals surface area contributed by atoms with Crippen LogP contribution in [0.25, 0.3) is 22.0 Å². The molecule has 6 nitrogen and oxygen atoms in total. The van der Waals surface area contributed by atoms with Crippen molar-refractivity contribution in [2.75, 3.05) is 0 Å². The summed E-state index contributed by atoms with van der Waals surface area (Å²) in [6, 6.07) is 12.6. The van der Waals surface area contributed by atoms with Gasteiger partial charge in [-0.3, -0.25) is 9.59 Å². The van der Waals surface area contributed by atoms with Crippen molar-refractivity contribution in [1.82, 2.24) is 14.9 Å². The minimum atomic E-state index is -0.329. The van der Waals surface area contributed by atoms with E-state index in [0.717, 1.165) is 27.9 Å². The fourth-order valence-electron chi connectivity index (χ4n) is 4.16. The summed E-state index contributed by atoms with van der Waals surface area (Å²) in [4.78, 5) is 28.5. The first kappa shape index (κ1) is 22.7. The van der Waals surface area contributed by atoms with Gasteiger partial charge in [-0.25, -0.2) is 0 Å². The summed E-state index contributed by atoms with van der Waals surface area (Å²) < 4.78 is 2.02. The van der Waals surface area contributed by atoms with Gasteiger partial charge in [-0.05, 0) is 74.7 Å². The van der Waals surface area contributed by atoms with Crippen LogP contribution >= 0.6 is 11.6 Å². The quantitative estimate of drug-likeness (QED) is 0.366. The molecule has 0 radical (unpaired) electrons. The molecule has 0 unspecified atom stereocenters. The number of benzene rings is 2. The average Bonchev–Trinajstić information content (AvgIpc) is 3.09. The van der Waals surface area contributed by atoms with Crippen molar-refractivity contribution in [3.8, 4) is 16.9 Å². The van der Waals surface area contributed by atoms with Gasteiger partial charge < -0.3 is 20.0 Å². The minimum Gasteiger partial charge on any atom is -0.508 e. The molecule has 0 saturated carbocycles. The number of phenolic OH excluding ortho intramolecular Hbond substituents is 1. The van der Waals surface area contributed by atoms with Crippen LogP contribution in [0, 0.1) is 13.8 Å². The lowest BCUT2D eigenvalue weighted by Gasteiger charge is -2.14. The van der Waals surface area contributed by atoms with E-state index in [1.54, 1.807) is 24.3 Å². The normalized spacial score (nSPS) is 11.3. The summed E-state index contributed by atoms with van der Waals surface area (Å²) in [6.45, 7) is 7.86. The Kier molecular flexibility index (Phi) is 6.04. The number of hydrogen-bond acceptors (Lipinski definition) is 3. The van der Waals surface area contributed by atoms with Crippen molar-refractivity contribution in [1.29, 1.82) is 0 Å². The van der Waals surface area contributed by atoms with Crippen LogP contribution in [0.5, 0.6) is 5.75 Å². The molecule has 0 saturated heterocycles. The smallest absolute Gasteiger partial charge is 0.253 e. The van der Waals surface area contributed by atoms with E-state index in [1.807, 2.05) is 56.7 Å². The van der Waals surface area contributed by atoms with Gasteiger partial charge in [0.05, 0.1) is 16.1 Å². The Hall–Kier alpha value is -3.51. The van der Waals surface area contributed by atoms with Gasteiger partial charge >= 0.3 is 0 Å². The van der Waals surface area contributed by atoms with Crippen LogP contribution in [0.3, 0.4) is 0 Å². The van der Waals surface area contributed by atoms with Crippen LogP contribution < -0.4 is 10.9 Å². The van der Waals surface area contributed by atoms with E-state index in [9.17, 15) is 14.7 Å². The van der Waals surface area contributed by atoms with Crippen LogP contribution in [0.1, 0.15) is 47.1 Å². The molecule has 3 N–H and O–H groups in total.